The maximum absolute atomic E-state index is 13.4. The molecule has 1 rings (SSSR count). The summed E-state index contributed by atoms with van der Waals surface area (Å²) in [6.45, 7) is 1.85. The Morgan fingerprint density at radius 3 is 2.93 bits per heavy atom. The van der Waals surface area contributed by atoms with E-state index in [9.17, 15) is 9.50 Å². The Kier molecular flexibility index (Phi) is 4.82. The number of aliphatic hydroxyl groups excluding tert-OH is 1. The van der Waals surface area contributed by atoms with Gasteiger partial charge in [-0.1, -0.05) is 18.7 Å². The molecule has 0 bridgehead atoms. The van der Waals surface area contributed by atoms with Gasteiger partial charge in [0.25, 0.3) is 0 Å². The second-order valence-electron chi connectivity index (χ2n) is 3.43. The highest BCUT2D eigenvalue weighted by Crippen LogP contribution is 2.30. The number of nitrogens with two attached hydrogens (primary N) is 1. The molecule has 4 nitrogen and oxygen atoms in total. The Labute approximate surface area is 93.1 Å². The number of hydrogen-bond acceptors (Lipinski definition) is 4. The predicted molar refractivity (Wildman–Crippen MR) is 59.6 cm³/mol. The average Bonchev–Trinajstić information content (AvgIpc) is 2.22. The Hall–Kier alpha value is -0.330. The molecule has 1 heterocycles. The van der Waals surface area contributed by atoms with Crippen molar-refractivity contribution in [1.82, 2.24) is 0 Å². The molecule has 0 aromatic rings. The van der Waals surface area contributed by atoms with Crippen molar-refractivity contribution in [3.63, 3.8) is 0 Å². The summed E-state index contributed by atoms with van der Waals surface area (Å²) in [5, 5.41) is 9.85. The Bertz CT molecular complexity index is 240. The van der Waals surface area contributed by atoms with E-state index in [4.69, 9.17) is 10.5 Å². The number of aliphatic hydroxyl groups is 1. The lowest BCUT2D eigenvalue weighted by Crippen LogP contribution is -2.45. The summed E-state index contributed by atoms with van der Waals surface area (Å²) in [7, 11) is 1.57. The van der Waals surface area contributed by atoms with Gasteiger partial charge in [-0.3, -0.25) is 4.99 Å². The van der Waals surface area contributed by atoms with Gasteiger partial charge in [0.1, 0.15) is 17.7 Å². The van der Waals surface area contributed by atoms with E-state index in [1.807, 2.05) is 6.92 Å². The van der Waals surface area contributed by atoms with Crippen LogP contribution in [0.4, 0.5) is 4.39 Å². The molecule has 0 saturated carbocycles. The van der Waals surface area contributed by atoms with Crippen LogP contribution in [0.15, 0.2) is 4.99 Å². The van der Waals surface area contributed by atoms with E-state index in [2.05, 4.69) is 4.99 Å². The minimum atomic E-state index is -1.24. The second-order valence-corrected chi connectivity index (χ2v) is 4.61. The van der Waals surface area contributed by atoms with Gasteiger partial charge in [-0.2, -0.15) is 0 Å². The SMILES string of the molecule is CC[C@H]1O[C@H](SC(N)=NC)C[C@@H](F)[C@@H]1O. The number of ether oxygens (including phenoxy) is 1. The van der Waals surface area contributed by atoms with Crippen molar-refractivity contribution < 1.29 is 14.2 Å². The molecule has 1 aliphatic rings. The molecule has 4 atom stereocenters. The van der Waals surface area contributed by atoms with Gasteiger partial charge in [0.05, 0.1) is 6.10 Å². The molecule has 1 saturated heterocycles. The molecule has 0 amide bonds. The summed E-state index contributed by atoms with van der Waals surface area (Å²) in [4.78, 5) is 3.77. The maximum atomic E-state index is 13.4. The van der Waals surface area contributed by atoms with Gasteiger partial charge >= 0.3 is 0 Å². The zero-order valence-electron chi connectivity index (χ0n) is 8.89. The van der Waals surface area contributed by atoms with Gasteiger partial charge in [-0.25, -0.2) is 4.39 Å². The number of rotatable bonds is 2. The van der Waals surface area contributed by atoms with Gasteiger partial charge in [-0.15, -0.1) is 0 Å². The quantitative estimate of drug-likeness (QED) is 0.552. The molecule has 1 fully saturated rings. The minimum Gasteiger partial charge on any atom is -0.387 e. The number of hydrogen-bond donors (Lipinski definition) is 2. The fraction of sp³-hybridized carbons (Fsp3) is 0.889. The molecule has 1 aliphatic heterocycles. The summed E-state index contributed by atoms with van der Waals surface area (Å²) in [6.07, 6.45) is -1.98. The minimum absolute atomic E-state index is 0.151. The Balaban J connectivity index is 2.55. The van der Waals surface area contributed by atoms with E-state index in [0.717, 1.165) is 0 Å². The molecular weight excluding hydrogens is 219 g/mol. The number of amidine groups is 1. The molecule has 0 aromatic carbocycles. The van der Waals surface area contributed by atoms with Crippen molar-refractivity contribution >= 4 is 16.9 Å². The average molecular weight is 236 g/mol. The highest BCUT2D eigenvalue weighted by atomic mass is 32.2. The number of thioether (sulfide) groups is 1. The molecule has 0 aromatic heterocycles. The summed E-state index contributed by atoms with van der Waals surface area (Å²) in [5.74, 6) is 0. The van der Waals surface area contributed by atoms with Gasteiger partial charge in [0, 0.05) is 13.5 Å². The van der Waals surface area contributed by atoms with Crippen molar-refractivity contribution in [2.75, 3.05) is 7.05 Å². The van der Waals surface area contributed by atoms with Gasteiger partial charge < -0.3 is 15.6 Å². The molecule has 15 heavy (non-hydrogen) atoms. The van der Waals surface area contributed by atoms with E-state index < -0.39 is 18.4 Å². The molecular formula is C9H17FN2O2S. The number of alkyl halides is 1. The lowest BCUT2D eigenvalue weighted by atomic mass is 10.0. The predicted octanol–water partition coefficient (Wildman–Crippen LogP) is 0.888. The van der Waals surface area contributed by atoms with Crippen LogP contribution in [0.3, 0.4) is 0 Å². The molecule has 0 radical (unpaired) electrons. The third-order valence-electron chi connectivity index (χ3n) is 2.37. The summed E-state index contributed by atoms with van der Waals surface area (Å²) < 4.78 is 18.9. The summed E-state index contributed by atoms with van der Waals surface area (Å²) in [5.41, 5.74) is 5.17. The highest BCUT2D eigenvalue weighted by Gasteiger charge is 2.37. The van der Waals surface area contributed by atoms with Gasteiger partial charge in [-0.05, 0) is 6.42 Å². The van der Waals surface area contributed by atoms with Gasteiger partial charge in [0.15, 0.2) is 5.17 Å². The van der Waals surface area contributed by atoms with Crippen LogP contribution >= 0.6 is 11.8 Å². The van der Waals surface area contributed by atoms with Crippen molar-refractivity contribution in [3.05, 3.63) is 0 Å². The van der Waals surface area contributed by atoms with E-state index in [0.29, 0.717) is 11.6 Å². The Morgan fingerprint density at radius 2 is 2.40 bits per heavy atom. The first-order valence-electron chi connectivity index (χ1n) is 4.95. The molecule has 6 heteroatoms. The monoisotopic (exact) mass is 236 g/mol. The van der Waals surface area contributed by atoms with E-state index in [1.54, 1.807) is 7.05 Å². The smallest absolute Gasteiger partial charge is 0.156 e. The van der Waals surface area contributed by atoms with Crippen LogP contribution in [0.1, 0.15) is 19.8 Å². The molecule has 0 aliphatic carbocycles. The van der Waals surface area contributed by atoms with E-state index in [-0.39, 0.29) is 11.9 Å². The fourth-order valence-corrected chi connectivity index (χ4v) is 2.34. The maximum Gasteiger partial charge on any atom is 0.156 e. The van der Waals surface area contributed by atoms with Gasteiger partial charge in [0.2, 0.25) is 0 Å². The Morgan fingerprint density at radius 1 is 1.73 bits per heavy atom. The van der Waals surface area contributed by atoms with Crippen molar-refractivity contribution in [3.8, 4) is 0 Å². The van der Waals surface area contributed by atoms with Crippen LogP contribution < -0.4 is 5.73 Å². The van der Waals surface area contributed by atoms with Crippen molar-refractivity contribution in [2.24, 2.45) is 10.7 Å². The molecule has 0 spiro atoms. The van der Waals surface area contributed by atoms with Crippen LogP contribution in [0.2, 0.25) is 0 Å². The summed E-state index contributed by atoms with van der Waals surface area (Å²) in [6, 6.07) is 0. The lowest BCUT2D eigenvalue weighted by molar-refractivity contribution is -0.123. The fourth-order valence-electron chi connectivity index (χ4n) is 1.49. The van der Waals surface area contributed by atoms with Crippen LogP contribution in [-0.4, -0.2) is 41.1 Å². The third kappa shape index (κ3) is 3.32. The molecule has 3 N–H and O–H groups in total. The first-order chi connectivity index (χ1) is 7.08. The zero-order chi connectivity index (χ0) is 11.4. The number of aliphatic imine (C=N–C) groups is 1. The first kappa shape index (κ1) is 12.7. The standard InChI is InChI=1S/C9H17FN2O2S/c1-3-6-8(13)5(10)4-7(14-6)15-9(11)12-2/h5-8,13H,3-4H2,1-2H3,(H2,11,12)/t5-,6-,7-,8+/m1/s1. The van der Waals surface area contributed by atoms with Crippen molar-refractivity contribution in [1.29, 1.82) is 0 Å². The highest BCUT2D eigenvalue weighted by molar-refractivity contribution is 8.14. The van der Waals surface area contributed by atoms with E-state index in [1.165, 1.54) is 11.8 Å². The normalized spacial score (nSPS) is 38.0. The van der Waals surface area contributed by atoms with Crippen LogP contribution in [0, 0.1) is 0 Å². The number of nitrogens with zero attached hydrogens (tertiary/aromatic N) is 1. The van der Waals surface area contributed by atoms with Crippen LogP contribution in [0.5, 0.6) is 0 Å². The second kappa shape index (κ2) is 5.67. The number of halogens is 1. The summed E-state index contributed by atoms with van der Waals surface area (Å²) >= 11 is 1.20. The molecule has 88 valence electrons. The van der Waals surface area contributed by atoms with E-state index >= 15 is 0 Å². The largest absolute Gasteiger partial charge is 0.387 e. The first-order valence-corrected chi connectivity index (χ1v) is 5.83. The topological polar surface area (TPSA) is 67.8 Å². The lowest BCUT2D eigenvalue weighted by Gasteiger charge is -2.35. The van der Waals surface area contributed by atoms with Crippen LogP contribution in [0.25, 0.3) is 0 Å². The third-order valence-corrected chi connectivity index (χ3v) is 3.36. The molecule has 0 unspecified atom stereocenters. The zero-order valence-corrected chi connectivity index (χ0v) is 9.71. The van der Waals surface area contributed by atoms with Crippen LogP contribution in [-0.2, 0) is 4.74 Å². The van der Waals surface area contributed by atoms with Crippen molar-refractivity contribution in [2.45, 2.75) is 43.6 Å².